The van der Waals surface area contributed by atoms with Crippen LogP contribution in [0.1, 0.15) is 44.2 Å². The average molecular weight is 480 g/mol. The molecule has 32 heavy (non-hydrogen) atoms. The molecule has 2 aromatic rings. The van der Waals surface area contributed by atoms with Gasteiger partial charge in [0.25, 0.3) is 0 Å². The van der Waals surface area contributed by atoms with Crippen molar-refractivity contribution in [2.75, 3.05) is 0 Å². The van der Waals surface area contributed by atoms with Gasteiger partial charge in [0.05, 0.1) is 9.79 Å². The summed E-state index contributed by atoms with van der Waals surface area (Å²) in [6.45, 7) is 3.71. The van der Waals surface area contributed by atoms with Gasteiger partial charge < -0.3 is 5.32 Å². The van der Waals surface area contributed by atoms with Gasteiger partial charge >= 0.3 is 0 Å². The molecule has 0 bridgehead atoms. The highest BCUT2D eigenvalue weighted by atomic mass is 32.2. The van der Waals surface area contributed by atoms with Crippen LogP contribution in [-0.2, 0) is 37.8 Å². The van der Waals surface area contributed by atoms with Gasteiger partial charge in [0.2, 0.25) is 26.0 Å². The summed E-state index contributed by atoms with van der Waals surface area (Å²) in [5.74, 6) is -0.175. The number of amides is 1. The lowest BCUT2D eigenvalue weighted by atomic mass is 10.1. The Labute approximate surface area is 189 Å². The van der Waals surface area contributed by atoms with Crippen molar-refractivity contribution < 1.29 is 21.6 Å². The van der Waals surface area contributed by atoms with Crippen LogP contribution >= 0.6 is 0 Å². The van der Waals surface area contributed by atoms with Gasteiger partial charge in [-0.3, -0.25) is 4.79 Å². The van der Waals surface area contributed by atoms with Crippen LogP contribution in [0.25, 0.3) is 0 Å². The molecule has 0 aromatic heterocycles. The van der Waals surface area contributed by atoms with Crippen molar-refractivity contribution in [1.82, 2.24) is 14.8 Å². The zero-order chi connectivity index (χ0) is 23.4. The zero-order valence-corrected chi connectivity index (χ0v) is 19.8. The van der Waals surface area contributed by atoms with Crippen LogP contribution in [-0.4, -0.2) is 34.8 Å². The summed E-state index contributed by atoms with van der Waals surface area (Å²) in [5.41, 5.74) is 1.54. The van der Waals surface area contributed by atoms with Crippen molar-refractivity contribution in [3.05, 3.63) is 59.7 Å². The van der Waals surface area contributed by atoms with E-state index in [1.165, 1.54) is 6.07 Å². The largest absolute Gasteiger partial charge is 0.352 e. The summed E-state index contributed by atoms with van der Waals surface area (Å²) in [6, 6.07) is 12.8. The third-order valence-electron chi connectivity index (χ3n) is 4.86. The van der Waals surface area contributed by atoms with Gasteiger partial charge in [0.1, 0.15) is 0 Å². The summed E-state index contributed by atoms with van der Waals surface area (Å²) < 4.78 is 54.2. The number of sulfonamides is 2. The third kappa shape index (κ3) is 7.13. The number of carbonyl (C=O) groups is 1. The second kappa shape index (κ2) is 10.1. The van der Waals surface area contributed by atoms with E-state index in [2.05, 4.69) is 14.8 Å². The Bertz CT molecular complexity index is 1160. The molecule has 0 atom stereocenters. The van der Waals surface area contributed by atoms with Crippen LogP contribution in [0, 0.1) is 0 Å². The predicted molar refractivity (Wildman–Crippen MR) is 122 cm³/mol. The highest BCUT2D eigenvalue weighted by Crippen LogP contribution is 2.22. The highest BCUT2D eigenvalue weighted by Gasteiger charge is 2.27. The summed E-state index contributed by atoms with van der Waals surface area (Å²) in [6.07, 6.45) is 2.46. The molecule has 174 valence electrons. The Morgan fingerprint density at radius 2 is 1.62 bits per heavy atom. The van der Waals surface area contributed by atoms with Crippen LogP contribution in [0.5, 0.6) is 0 Å². The molecule has 0 radical (unpaired) electrons. The summed E-state index contributed by atoms with van der Waals surface area (Å²) in [4.78, 5) is 12.6. The van der Waals surface area contributed by atoms with E-state index in [9.17, 15) is 21.6 Å². The van der Waals surface area contributed by atoms with E-state index in [-0.39, 0.29) is 40.7 Å². The topological polar surface area (TPSA) is 121 Å². The second-order valence-corrected chi connectivity index (χ2v) is 11.7. The molecule has 1 aliphatic rings. The van der Waals surface area contributed by atoms with Crippen molar-refractivity contribution in [2.24, 2.45) is 0 Å². The van der Waals surface area contributed by atoms with Crippen molar-refractivity contribution in [2.45, 2.75) is 68.0 Å². The van der Waals surface area contributed by atoms with Crippen molar-refractivity contribution in [1.29, 1.82) is 0 Å². The van der Waals surface area contributed by atoms with E-state index < -0.39 is 20.0 Å². The standard InChI is InChI=1S/C22H29N3O5S2/c1-16(2)24-32(29,30)21-5-3-4-18(14-21)15-23-22(26)13-8-17-6-11-20(12-7-17)31(27,28)25-19-9-10-19/h3-7,11-12,14,16,19,24-25H,8-10,13,15H2,1-2H3,(H,23,26). The summed E-state index contributed by atoms with van der Waals surface area (Å²) in [5, 5.41) is 2.79. The molecule has 1 saturated carbocycles. The maximum Gasteiger partial charge on any atom is 0.240 e. The minimum atomic E-state index is -3.59. The normalized spacial score (nSPS) is 14.5. The fourth-order valence-corrected chi connectivity index (χ4v) is 5.70. The van der Waals surface area contributed by atoms with Gasteiger partial charge in [-0.15, -0.1) is 0 Å². The Kier molecular flexibility index (Phi) is 7.71. The first-order chi connectivity index (χ1) is 15.0. The van der Waals surface area contributed by atoms with Crippen LogP contribution < -0.4 is 14.8 Å². The van der Waals surface area contributed by atoms with E-state index in [0.717, 1.165) is 18.4 Å². The first kappa shape index (κ1) is 24.4. The van der Waals surface area contributed by atoms with Gasteiger partial charge in [-0.2, -0.15) is 0 Å². The number of hydrogen-bond acceptors (Lipinski definition) is 5. The quantitative estimate of drug-likeness (QED) is 0.456. The van der Waals surface area contributed by atoms with Gasteiger partial charge in [-0.1, -0.05) is 24.3 Å². The van der Waals surface area contributed by atoms with Gasteiger partial charge in [0.15, 0.2) is 0 Å². The Morgan fingerprint density at radius 3 is 2.25 bits per heavy atom. The van der Waals surface area contributed by atoms with Crippen LogP contribution in [0.2, 0.25) is 0 Å². The molecule has 0 heterocycles. The second-order valence-electron chi connectivity index (χ2n) is 8.24. The lowest BCUT2D eigenvalue weighted by Gasteiger charge is -2.11. The van der Waals surface area contributed by atoms with Gasteiger partial charge in [-0.05, 0) is 68.5 Å². The number of carbonyl (C=O) groups excluding carboxylic acids is 1. The van der Waals surface area contributed by atoms with E-state index in [1.807, 2.05) is 0 Å². The van der Waals surface area contributed by atoms with E-state index in [1.54, 1.807) is 56.3 Å². The van der Waals surface area contributed by atoms with Crippen LogP contribution in [0.4, 0.5) is 0 Å². The Morgan fingerprint density at radius 1 is 0.938 bits per heavy atom. The first-order valence-corrected chi connectivity index (χ1v) is 13.5. The van der Waals surface area contributed by atoms with Gasteiger partial charge in [0, 0.05) is 25.0 Å². The van der Waals surface area contributed by atoms with Gasteiger partial charge in [-0.25, -0.2) is 26.3 Å². The monoisotopic (exact) mass is 479 g/mol. The summed E-state index contributed by atoms with van der Waals surface area (Å²) in [7, 11) is -7.08. The van der Waals surface area contributed by atoms with Crippen LogP contribution in [0.15, 0.2) is 58.3 Å². The molecule has 1 fully saturated rings. The van der Waals surface area contributed by atoms with Crippen molar-refractivity contribution >= 4 is 26.0 Å². The fraction of sp³-hybridized carbons (Fsp3) is 0.409. The maximum atomic E-state index is 12.3. The number of benzene rings is 2. The molecular weight excluding hydrogens is 450 g/mol. The molecule has 0 unspecified atom stereocenters. The molecule has 0 saturated heterocycles. The SMILES string of the molecule is CC(C)NS(=O)(=O)c1cccc(CNC(=O)CCc2ccc(S(=O)(=O)NC3CC3)cc2)c1. The molecule has 0 aliphatic heterocycles. The number of rotatable bonds is 11. The predicted octanol–water partition coefficient (Wildman–Crippen LogP) is 2.06. The fourth-order valence-electron chi connectivity index (χ4n) is 3.07. The van der Waals surface area contributed by atoms with E-state index in [4.69, 9.17) is 0 Å². The van der Waals surface area contributed by atoms with E-state index >= 15 is 0 Å². The highest BCUT2D eigenvalue weighted by molar-refractivity contribution is 7.89. The van der Waals surface area contributed by atoms with E-state index in [0.29, 0.717) is 12.0 Å². The molecule has 2 aromatic carbocycles. The third-order valence-corrected chi connectivity index (χ3v) is 8.06. The minimum absolute atomic E-state index is 0.0515. The first-order valence-electron chi connectivity index (χ1n) is 10.5. The minimum Gasteiger partial charge on any atom is -0.352 e. The maximum absolute atomic E-state index is 12.3. The lowest BCUT2D eigenvalue weighted by molar-refractivity contribution is -0.121. The Balaban J connectivity index is 1.50. The average Bonchev–Trinajstić information content (AvgIpc) is 3.53. The molecule has 3 N–H and O–H groups in total. The summed E-state index contributed by atoms with van der Waals surface area (Å²) >= 11 is 0. The van der Waals surface area contributed by atoms with Crippen molar-refractivity contribution in [3.8, 4) is 0 Å². The van der Waals surface area contributed by atoms with Crippen molar-refractivity contribution in [3.63, 3.8) is 0 Å². The molecule has 0 spiro atoms. The molecule has 8 nitrogen and oxygen atoms in total. The zero-order valence-electron chi connectivity index (χ0n) is 18.2. The molecule has 1 amide bonds. The number of nitrogens with one attached hydrogen (secondary N) is 3. The lowest BCUT2D eigenvalue weighted by Crippen LogP contribution is -2.30. The number of aryl methyl sites for hydroxylation is 1. The smallest absolute Gasteiger partial charge is 0.240 e. The molecular formula is C22H29N3O5S2. The number of hydrogen-bond donors (Lipinski definition) is 3. The Hall–Kier alpha value is -2.27. The molecule has 3 rings (SSSR count). The molecule has 1 aliphatic carbocycles. The molecule has 10 heteroatoms. The van der Waals surface area contributed by atoms with Crippen LogP contribution in [0.3, 0.4) is 0 Å².